The van der Waals surface area contributed by atoms with Crippen molar-refractivity contribution in [3.63, 3.8) is 0 Å². The number of oxime groups is 1. The molecule has 1 aliphatic heterocycles. The Bertz CT molecular complexity index is 554. The molecular formula is C14H18FN3O3. The van der Waals surface area contributed by atoms with Gasteiger partial charge in [-0.1, -0.05) is 5.16 Å². The summed E-state index contributed by atoms with van der Waals surface area (Å²) in [6.45, 7) is 1.03. The number of likely N-dealkylation sites (tertiary alicyclic amines) is 1. The van der Waals surface area contributed by atoms with Crippen LogP contribution in [0.1, 0.15) is 23.2 Å². The first kappa shape index (κ1) is 15.1. The number of hydrogen-bond acceptors (Lipinski definition) is 4. The molecule has 3 N–H and O–H groups in total. The maximum Gasteiger partial charge on any atom is 0.253 e. The fourth-order valence-electron chi connectivity index (χ4n) is 2.44. The van der Waals surface area contributed by atoms with Crippen molar-refractivity contribution >= 4 is 11.7 Å². The number of nitrogens with two attached hydrogens (primary N) is 1. The summed E-state index contributed by atoms with van der Waals surface area (Å²) in [5.74, 6) is -0.439. The van der Waals surface area contributed by atoms with Crippen LogP contribution < -0.4 is 10.5 Å². The summed E-state index contributed by atoms with van der Waals surface area (Å²) in [6, 6.07) is 4.05. The highest BCUT2D eigenvalue weighted by atomic mass is 19.1. The summed E-state index contributed by atoms with van der Waals surface area (Å²) in [5.41, 5.74) is 5.96. The Balaban J connectivity index is 2.05. The van der Waals surface area contributed by atoms with Crippen molar-refractivity contribution in [3.8, 4) is 5.75 Å². The molecule has 6 nitrogen and oxygen atoms in total. The minimum absolute atomic E-state index is 0.0122. The number of ether oxygens (including phenoxy) is 1. The standard InChI is InChI=1S/C14H18FN3O3/c1-21-12-8-10(2-3-11(12)15)14(19)18-6-4-9(5-7-18)13(16)17-20/h2-3,8-9,20H,4-7H2,1H3,(H2,16,17). The molecule has 2 rings (SSSR count). The Morgan fingerprint density at radius 2 is 2.14 bits per heavy atom. The number of amides is 1. The summed E-state index contributed by atoms with van der Waals surface area (Å²) in [6.07, 6.45) is 1.28. The summed E-state index contributed by atoms with van der Waals surface area (Å²) < 4.78 is 18.2. The van der Waals surface area contributed by atoms with Gasteiger partial charge in [-0.3, -0.25) is 4.79 Å². The first-order valence-corrected chi connectivity index (χ1v) is 6.67. The van der Waals surface area contributed by atoms with E-state index in [1.165, 1.54) is 25.3 Å². The predicted molar refractivity (Wildman–Crippen MR) is 75.0 cm³/mol. The molecule has 1 fully saturated rings. The summed E-state index contributed by atoms with van der Waals surface area (Å²) >= 11 is 0. The van der Waals surface area contributed by atoms with Crippen LogP contribution in [0.2, 0.25) is 0 Å². The minimum atomic E-state index is -0.500. The molecule has 114 valence electrons. The van der Waals surface area contributed by atoms with Crippen molar-refractivity contribution in [1.29, 1.82) is 0 Å². The van der Waals surface area contributed by atoms with E-state index in [-0.39, 0.29) is 23.4 Å². The van der Waals surface area contributed by atoms with Crippen molar-refractivity contribution in [3.05, 3.63) is 29.6 Å². The van der Waals surface area contributed by atoms with Crippen LogP contribution in [0.4, 0.5) is 4.39 Å². The summed E-state index contributed by atoms with van der Waals surface area (Å²) in [7, 11) is 1.36. The molecule has 0 unspecified atom stereocenters. The van der Waals surface area contributed by atoms with E-state index in [1.54, 1.807) is 4.90 Å². The first-order chi connectivity index (χ1) is 10.1. The fourth-order valence-corrected chi connectivity index (χ4v) is 2.44. The van der Waals surface area contributed by atoms with Gasteiger partial charge in [0.25, 0.3) is 5.91 Å². The molecule has 1 aromatic carbocycles. The third-order valence-electron chi connectivity index (χ3n) is 3.71. The SMILES string of the molecule is COc1cc(C(=O)N2CCC(/C(N)=N/O)CC2)ccc1F. The Kier molecular flexibility index (Phi) is 4.62. The lowest BCUT2D eigenvalue weighted by Crippen LogP contribution is -2.41. The number of nitrogens with zero attached hydrogens (tertiary/aromatic N) is 2. The van der Waals surface area contributed by atoms with E-state index in [1.807, 2.05) is 0 Å². The zero-order chi connectivity index (χ0) is 15.4. The van der Waals surface area contributed by atoms with E-state index >= 15 is 0 Å². The smallest absolute Gasteiger partial charge is 0.253 e. The Morgan fingerprint density at radius 1 is 1.48 bits per heavy atom. The number of rotatable bonds is 3. The van der Waals surface area contributed by atoms with Crippen LogP contribution in [0.25, 0.3) is 0 Å². The zero-order valence-electron chi connectivity index (χ0n) is 11.8. The molecule has 0 radical (unpaired) electrons. The van der Waals surface area contributed by atoms with Crippen molar-refractivity contribution in [1.82, 2.24) is 4.90 Å². The molecule has 1 saturated heterocycles. The molecule has 1 heterocycles. The van der Waals surface area contributed by atoms with Crippen molar-refractivity contribution in [2.75, 3.05) is 20.2 Å². The van der Waals surface area contributed by atoms with Gasteiger partial charge in [0, 0.05) is 24.6 Å². The van der Waals surface area contributed by atoms with Gasteiger partial charge in [0.1, 0.15) is 5.84 Å². The Morgan fingerprint density at radius 3 is 2.71 bits per heavy atom. The van der Waals surface area contributed by atoms with E-state index in [4.69, 9.17) is 15.7 Å². The van der Waals surface area contributed by atoms with Crippen LogP contribution in [0.3, 0.4) is 0 Å². The average Bonchev–Trinajstić information content (AvgIpc) is 2.54. The highest BCUT2D eigenvalue weighted by molar-refractivity contribution is 5.95. The monoisotopic (exact) mass is 295 g/mol. The van der Waals surface area contributed by atoms with Gasteiger partial charge in [0.2, 0.25) is 0 Å². The first-order valence-electron chi connectivity index (χ1n) is 6.67. The minimum Gasteiger partial charge on any atom is -0.494 e. The highest BCUT2D eigenvalue weighted by Crippen LogP contribution is 2.22. The van der Waals surface area contributed by atoms with Gasteiger partial charge in [-0.05, 0) is 31.0 Å². The van der Waals surface area contributed by atoms with Gasteiger partial charge in [-0.2, -0.15) is 0 Å². The molecule has 7 heteroatoms. The Labute approximate surface area is 122 Å². The number of halogens is 1. The summed E-state index contributed by atoms with van der Waals surface area (Å²) in [4.78, 5) is 14.0. The van der Waals surface area contributed by atoms with Gasteiger partial charge in [-0.25, -0.2) is 4.39 Å². The zero-order valence-corrected chi connectivity index (χ0v) is 11.8. The van der Waals surface area contributed by atoms with Crippen LogP contribution in [0.5, 0.6) is 5.75 Å². The molecule has 1 aromatic rings. The lowest BCUT2D eigenvalue weighted by Gasteiger charge is -2.31. The maximum absolute atomic E-state index is 13.4. The van der Waals surface area contributed by atoms with E-state index in [2.05, 4.69) is 5.16 Å². The van der Waals surface area contributed by atoms with Crippen LogP contribution >= 0.6 is 0 Å². The van der Waals surface area contributed by atoms with Crippen LogP contribution in [0, 0.1) is 11.7 Å². The average molecular weight is 295 g/mol. The van der Waals surface area contributed by atoms with Crippen molar-refractivity contribution in [2.45, 2.75) is 12.8 Å². The molecule has 0 saturated carbocycles. The lowest BCUT2D eigenvalue weighted by atomic mass is 9.95. The maximum atomic E-state index is 13.4. The second-order valence-corrected chi connectivity index (χ2v) is 4.94. The molecule has 1 amide bonds. The molecule has 0 bridgehead atoms. The van der Waals surface area contributed by atoms with Crippen LogP contribution in [-0.4, -0.2) is 42.0 Å². The number of amidine groups is 1. The molecule has 0 atom stereocenters. The molecule has 0 spiro atoms. The number of benzene rings is 1. The topological polar surface area (TPSA) is 88.2 Å². The number of piperidine rings is 1. The van der Waals surface area contributed by atoms with Crippen LogP contribution in [0.15, 0.2) is 23.4 Å². The number of methoxy groups -OCH3 is 1. The van der Waals surface area contributed by atoms with Crippen molar-refractivity contribution in [2.24, 2.45) is 16.8 Å². The fraction of sp³-hybridized carbons (Fsp3) is 0.429. The normalized spacial score (nSPS) is 16.9. The summed E-state index contributed by atoms with van der Waals surface area (Å²) in [5, 5.41) is 11.7. The third-order valence-corrected chi connectivity index (χ3v) is 3.71. The molecule has 21 heavy (non-hydrogen) atoms. The quantitative estimate of drug-likeness (QED) is 0.382. The molecule has 0 aliphatic carbocycles. The van der Waals surface area contributed by atoms with Gasteiger partial charge in [0.05, 0.1) is 7.11 Å². The lowest BCUT2D eigenvalue weighted by molar-refractivity contribution is 0.0708. The highest BCUT2D eigenvalue weighted by Gasteiger charge is 2.26. The van der Waals surface area contributed by atoms with Gasteiger partial charge >= 0.3 is 0 Å². The Hall–Kier alpha value is -2.31. The van der Waals surface area contributed by atoms with Gasteiger partial charge in [0.15, 0.2) is 11.6 Å². The van der Waals surface area contributed by atoms with Crippen LogP contribution in [-0.2, 0) is 0 Å². The second kappa shape index (κ2) is 6.43. The van der Waals surface area contributed by atoms with Gasteiger partial charge in [-0.15, -0.1) is 0 Å². The van der Waals surface area contributed by atoms with E-state index in [0.29, 0.717) is 31.5 Å². The number of carbonyl (C=O) groups excluding carboxylic acids is 1. The second-order valence-electron chi connectivity index (χ2n) is 4.94. The largest absolute Gasteiger partial charge is 0.494 e. The predicted octanol–water partition coefficient (Wildman–Crippen LogP) is 1.43. The van der Waals surface area contributed by atoms with E-state index in [9.17, 15) is 9.18 Å². The molecule has 0 aromatic heterocycles. The van der Waals surface area contributed by atoms with E-state index < -0.39 is 5.82 Å². The van der Waals surface area contributed by atoms with E-state index in [0.717, 1.165) is 0 Å². The van der Waals surface area contributed by atoms with Crippen molar-refractivity contribution < 1.29 is 19.1 Å². The molecular weight excluding hydrogens is 277 g/mol. The third kappa shape index (κ3) is 3.24. The number of hydrogen-bond donors (Lipinski definition) is 2. The number of carbonyl (C=O) groups is 1. The molecule has 1 aliphatic rings. The van der Waals surface area contributed by atoms with Gasteiger partial charge < -0.3 is 20.6 Å².